The smallest absolute Gasteiger partial charge is 0.423 e. The number of nitrogens with two attached hydrogens (primary N) is 2. The molecule has 1 atom stereocenters. The van der Waals surface area contributed by atoms with E-state index in [1.807, 2.05) is 52.8 Å². The fourth-order valence-electron chi connectivity index (χ4n) is 3.21. The van der Waals surface area contributed by atoms with Crippen LogP contribution in [0.15, 0.2) is 42.5 Å². The standard InChI is InChI=1S/C20H28B2N2O4/c1-13(26-21(25)15-10-6-7-12-17(15)23)14-9-8-11-16(18(14)24)22-27-19(2,3)20(4,5)28-22/h6-13,25H,23-24H2,1-5H3/t13-/m1/s1. The monoisotopic (exact) mass is 382 g/mol. The summed E-state index contributed by atoms with van der Waals surface area (Å²) >= 11 is 0. The van der Waals surface area contributed by atoms with E-state index in [0.717, 1.165) is 11.0 Å². The lowest BCUT2D eigenvalue weighted by Crippen LogP contribution is -2.41. The first-order valence-corrected chi connectivity index (χ1v) is 9.45. The molecular weight excluding hydrogens is 354 g/mol. The van der Waals surface area contributed by atoms with Crippen LogP contribution in [0.3, 0.4) is 0 Å². The fraction of sp³-hybridized carbons (Fsp3) is 0.400. The molecule has 0 unspecified atom stereocenters. The number of hydrogen-bond donors (Lipinski definition) is 3. The molecular formula is C20H28B2N2O4. The van der Waals surface area contributed by atoms with Crippen molar-refractivity contribution in [3.05, 3.63) is 48.0 Å². The highest BCUT2D eigenvalue weighted by atomic mass is 16.7. The Kier molecular flexibility index (Phi) is 5.51. The zero-order valence-corrected chi connectivity index (χ0v) is 17.1. The van der Waals surface area contributed by atoms with Gasteiger partial charge in [0.15, 0.2) is 0 Å². The minimum atomic E-state index is -1.16. The molecule has 1 saturated heterocycles. The molecule has 6 nitrogen and oxygen atoms in total. The predicted molar refractivity (Wildman–Crippen MR) is 115 cm³/mol. The highest BCUT2D eigenvalue weighted by Crippen LogP contribution is 2.37. The van der Waals surface area contributed by atoms with Gasteiger partial charge < -0.3 is 30.5 Å². The summed E-state index contributed by atoms with van der Waals surface area (Å²) in [6.07, 6.45) is -0.461. The maximum atomic E-state index is 10.4. The van der Waals surface area contributed by atoms with E-state index >= 15 is 0 Å². The normalized spacial score (nSPS) is 18.9. The Morgan fingerprint density at radius 3 is 2.21 bits per heavy atom. The maximum Gasteiger partial charge on any atom is 0.496 e. The minimum absolute atomic E-state index is 0.455. The van der Waals surface area contributed by atoms with Crippen molar-refractivity contribution in [2.75, 3.05) is 11.5 Å². The fourth-order valence-corrected chi connectivity index (χ4v) is 3.21. The van der Waals surface area contributed by atoms with Crippen molar-refractivity contribution in [2.45, 2.75) is 51.9 Å². The Morgan fingerprint density at radius 2 is 1.61 bits per heavy atom. The van der Waals surface area contributed by atoms with Crippen LogP contribution in [-0.4, -0.2) is 30.5 Å². The van der Waals surface area contributed by atoms with Gasteiger partial charge >= 0.3 is 14.2 Å². The molecule has 0 spiro atoms. The summed E-state index contributed by atoms with van der Waals surface area (Å²) in [5.74, 6) is 0. The number of para-hydroxylation sites is 2. The molecule has 2 aromatic rings. The molecule has 1 aliphatic heterocycles. The molecule has 148 valence electrons. The van der Waals surface area contributed by atoms with E-state index in [-0.39, 0.29) is 0 Å². The van der Waals surface area contributed by atoms with Crippen LogP contribution in [-0.2, 0) is 14.0 Å². The highest BCUT2D eigenvalue weighted by Gasteiger charge is 2.52. The molecule has 1 heterocycles. The van der Waals surface area contributed by atoms with Crippen molar-refractivity contribution in [1.82, 2.24) is 0 Å². The molecule has 0 bridgehead atoms. The van der Waals surface area contributed by atoms with Crippen LogP contribution in [0.2, 0.25) is 0 Å². The number of benzene rings is 2. The third kappa shape index (κ3) is 3.78. The Bertz CT molecular complexity index is 844. The van der Waals surface area contributed by atoms with E-state index in [1.165, 1.54) is 0 Å². The lowest BCUT2D eigenvalue weighted by molar-refractivity contribution is 0.00578. The van der Waals surface area contributed by atoms with E-state index in [4.69, 9.17) is 25.4 Å². The average Bonchev–Trinajstić information content (AvgIpc) is 2.82. The molecule has 0 radical (unpaired) electrons. The van der Waals surface area contributed by atoms with E-state index in [0.29, 0.717) is 16.8 Å². The van der Waals surface area contributed by atoms with Gasteiger partial charge in [-0.1, -0.05) is 36.4 Å². The SMILES string of the molecule is C[C@@H](OB(O)c1ccccc1N)c1cccc(B2OC(C)(C)C(C)(C)O2)c1N. The molecule has 0 saturated carbocycles. The van der Waals surface area contributed by atoms with Gasteiger partial charge in [0.25, 0.3) is 0 Å². The summed E-state index contributed by atoms with van der Waals surface area (Å²) in [4.78, 5) is 0. The summed E-state index contributed by atoms with van der Waals surface area (Å²) < 4.78 is 18.0. The molecule has 0 amide bonds. The third-order valence-electron chi connectivity index (χ3n) is 5.71. The van der Waals surface area contributed by atoms with Gasteiger partial charge in [-0.2, -0.15) is 0 Å². The van der Waals surface area contributed by atoms with Gasteiger partial charge in [0.2, 0.25) is 0 Å². The van der Waals surface area contributed by atoms with Crippen LogP contribution in [0, 0.1) is 0 Å². The first kappa shape index (κ1) is 20.7. The molecule has 8 heteroatoms. The van der Waals surface area contributed by atoms with Crippen LogP contribution in [0.5, 0.6) is 0 Å². The van der Waals surface area contributed by atoms with Crippen LogP contribution in [0.25, 0.3) is 0 Å². The van der Waals surface area contributed by atoms with E-state index in [1.54, 1.807) is 24.3 Å². The van der Waals surface area contributed by atoms with Crippen LogP contribution >= 0.6 is 0 Å². The second-order valence-electron chi connectivity index (χ2n) is 8.20. The summed E-state index contributed by atoms with van der Waals surface area (Å²) in [5.41, 5.74) is 14.5. The number of nitrogen functional groups attached to an aromatic ring is 2. The molecule has 5 N–H and O–H groups in total. The van der Waals surface area contributed by atoms with Gasteiger partial charge in [0, 0.05) is 27.9 Å². The van der Waals surface area contributed by atoms with Crippen LogP contribution < -0.4 is 22.4 Å². The topological polar surface area (TPSA) is 100.0 Å². The lowest BCUT2D eigenvalue weighted by Gasteiger charge is -2.32. The molecule has 3 rings (SSSR count). The average molecular weight is 382 g/mol. The Morgan fingerprint density at radius 1 is 1.00 bits per heavy atom. The summed E-state index contributed by atoms with van der Waals surface area (Å²) in [6, 6.07) is 12.7. The molecule has 2 aromatic carbocycles. The minimum Gasteiger partial charge on any atom is -0.423 e. The molecule has 0 aromatic heterocycles. The Labute approximate surface area is 167 Å². The van der Waals surface area contributed by atoms with E-state index < -0.39 is 31.5 Å². The van der Waals surface area contributed by atoms with Crippen molar-refractivity contribution in [3.8, 4) is 0 Å². The number of rotatable bonds is 5. The zero-order valence-electron chi connectivity index (χ0n) is 17.1. The second kappa shape index (κ2) is 7.44. The van der Waals surface area contributed by atoms with Gasteiger partial charge in [-0.15, -0.1) is 0 Å². The molecule has 1 fully saturated rings. The summed E-state index contributed by atoms with van der Waals surface area (Å²) in [6.45, 7) is 9.83. The Hall–Kier alpha value is -1.99. The van der Waals surface area contributed by atoms with Crippen molar-refractivity contribution in [1.29, 1.82) is 0 Å². The zero-order chi connectivity index (χ0) is 20.7. The Balaban J connectivity index is 1.82. The molecule has 1 aliphatic rings. The first-order valence-electron chi connectivity index (χ1n) is 9.45. The van der Waals surface area contributed by atoms with E-state index in [9.17, 15) is 5.02 Å². The van der Waals surface area contributed by atoms with Gasteiger partial charge in [-0.25, -0.2) is 0 Å². The van der Waals surface area contributed by atoms with Crippen molar-refractivity contribution >= 4 is 36.5 Å². The third-order valence-corrected chi connectivity index (χ3v) is 5.71. The predicted octanol–water partition coefficient (Wildman–Crippen LogP) is 1.62. The maximum absolute atomic E-state index is 10.4. The molecule has 0 aliphatic carbocycles. The van der Waals surface area contributed by atoms with Crippen LogP contribution in [0.1, 0.15) is 46.3 Å². The highest BCUT2D eigenvalue weighted by molar-refractivity contribution is 6.64. The van der Waals surface area contributed by atoms with Crippen molar-refractivity contribution in [3.63, 3.8) is 0 Å². The number of hydrogen-bond acceptors (Lipinski definition) is 6. The quantitative estimate of drug-likeness (QED) is 0.537. The lowest BCUT2D eigenvalue weighted by atomic mass is 9.75. The second-order valence-corrected chi connectivity index (χ2v) is 8.20. The summed E-state index contributed by atoms with van der Waals surface area (Å²) in [7, 11) is -1.72. The van der Waals surface area contributed by atoms with Gasteiger partial charge in [0.05, 0.1) is 17.3 Å². The largest absolute Gasteiger partial charge is 0.496 e. The van der Waals surface area contributed by atoms with Crippen LogP contribution in [0.4, 0.5) is 11.4 Å². The van der Waals surface area contributed by atoms with Crippen molar-refractivity contribution < 1.29 is 19.0 Å². The van der Waals surface area contributed by atoms with Gasteiger partial charge in [-0.3, -0.25) is 0 Å². The van der Waals surface area contributed by atoms with E-state index in [2.05, 4.69) is 0 Å². The van der Waals surface area contributed by atoms with Gasteiger partial charge in [-0.05, 0) is 40.7 Å². The summed E-state index contributed by atoms with van der Waals surface area (Å²) in [5, 5.41) is 10.4. The van der Waals surface area contributed by atoms with Gasteiger partial charge in [0.1, 0.15) is 0 Å². The van der Waals surface area contributed by atoms with Crippen molar-refractivity contribution in [2.24, 2.45) is 0 Å². The first-order chi connectivity index (χ1) is 13.0. The molecule has 28 heavy (non-hydrogen) atoms. The number of anilines is 2.